The number of sulfonamides is 1. The largest absolute Gasteiger partial charge is 0.353 e. The zero-order valence-corrected chi connectivity index (χ0v) is 18.8. The number of halogens is 1. The Morgan fingerprint density at radius 2 is 1.68 bits per heavy atom. The van der Waals surface area contributed by atoms with Crippen molar-refractivity contribution in [3.63, 3.8) is 0 Å². The molecule has 9 heteroatoms. The average Bonchev–Trinajstić information content (AvgIpc) is 2.74. The number of carbonyl (C=O) groups is 2. The third-order valence-corrected chi connectivity index (χ3v) is 6.94. The second kappa shape index (κ2) is 10.3. The maximum Gasteiger partial charge on any atom is 0.253 e. The molecule has 0 spiro atoms. The summed E-state index contributed by atoms with van der Waals surface area (Å²) in [5, 5.41) is 6.23. The van der Waals surface area contributed by atoms with Gasteiger partial charge in [0.05, 0.1) is 29.3 Å². The van der Waals surface area contributed by atoms with Crippen LogP contribution in [-0.2, 0) is 14.8 Å². The number of nitrogens with one attached hydrogen (secondary N) is 2. The summed E-state index contributed by atoms with van der Waals surface area (Å²) in [6.07, 6.45) is 2.37. The van der Waals surface area contributed by atoms with E-state index >= 15 is 0 Å². The molecule has 2 aromatic carbocycles. The van der Waals surface area contributed by atoms with Gasteiger partial charge in [0.15, 0.2) is 0 Å². The molecule has 2 amide bonds. The van der Waals surface area contributed by atoms with Gasteiger partial charge in [-0.3, -0.25) is 9.59 Å². The number of rotatable bonds is 7. The molecule has 0 aliphatic carbocycles. The summed E-state index contributed by atoms with van der Waals surface area (Å²) < 4.78 is 24.7. The Labute approximate surface area is 187 Å². The third-order valence-electron chi connectivity index (χ3n) is 5.30. The molecule has 1 unspecified atom stereocenters. The van der Waals surface area contributed by atoms with Crippen molar-refractivity contribution in [1.29, 1.82) is 0 Å². The molecule has 1 fully saturated rings. The fourth-order valence-corrected chi connectivity index (χ4v) is 4.72. The molecular formula is C22H26ClN3O4S. The number of nitrogens with zero attached hydrogens (tertiary/aromatic N) is 1. The highest BCUT2D eigenvalue weighted by molar-refractivity contribution is 7.88. The van der Waals surface area contributed by atoms with Gasteiger partial charge in [-0.25, -0.2) is 12.7 Å². The summed E-state index contributed by atoms with van der Waals surface area (Å²) in [7, 11) is -3.21. The monoisotopic (exact) mass is 463 g/mol. The van der Waals surface area contributed by atoms with Crippen LogP contribution in [0, 0.1) is 0 Å². The van der Waals surface area contributed by atoms with E-state index in [1.54, 1.807) is 24.3 Å². The van der Waals surface area contributed by atoms with Gasteiger partial charge in [-0.2, -0.15) is 0 Å². The maximum atomic E-state index is 12.8. The van der Waals surface area contributed by atoms with Crippen LogP contribution in [0.2, 0.25) is 5.02 Å². The van der Waals surface area contributed by atoms with E-state index in [1.165, 1.54) is 10.6 Å². The van der Waals surface area contributed by atoms with Crippen LogP contribution in [0.1, 0.15) is 41.2 Å². The van der Waals surface area contributed by atoms with E-state index in [1.807, 2.05) is 30.3 Å². The van der Waals surface area contributed by atoms with Crippen LogP contribution >= 0.6 is 11.6 Å². The van der Waals surface area contributed by atoms with Crippen LogP contribution < -0.4 is 10.6 Å². The van der Waals surface area contributed by atoms with Crippen LogP contribution in [0.15, 0.2) is 54.6 Å². The normalized spacial score (nSPS) is 16.5. The van der Waals surface area contributed by atoms with Crippen molar-refractivity contribution in [3.8, 4) is 0 Å². The van der Waals surface area contributed by atoms with Crippen LogP contribution in [0.25, 0.3) is 0 Å². The Bertz CT molecular complexity index is 1020. The lowest BCUT2D eigenvalue weighted by atomic mass is 10.0. The number of carbonyl (C=O) groups excluding carboxylic acids is 2. The smallest absolute Gasteiger partial charge is 0.253 e. The van der Waals surface area contributed by atoms with Crippen molar-refractivity contribution in [2.24, 2.45) is 0 Å². The molecule has 7 nitrogen and oxygen atoms in total. The van der Waals surface area contributed by atoms with Gasteiger partial charge in [0.2, 0.25) is 15.9 Å². The molecule has 31 heavy (non-hydrogen) atoms. The lowest BCUT2D eigenvalue weighted by Crippen LogP contribution is -2.46. The van der Waals surface area contributed by atoms with E-state index in [-0.39, 0.29) is 24.3 Å². The lowest BCUT2D eigenvalue weighted by Gasteiger charge is -2.31. The van der Waals surface area contributed by atoms with Gasteiger partial charge in [0, 0.05) is 19.1 Å². The number of amides is 2. The van der Waals surface area contributed by atoms with Crippen molar-refractivity contribution in [2.75, 3.05) is 19.3 Å². The number of hydrogen-bond donors (Lipinski definition) is 2. The fourth-order valence-electron chi connectivity index (χ4n) is 3.62. The third kappa shape index (κ3) is 6.53. The predicted molar refractivity (Wildman–Crippen MR) is 120 cm³/mol. The Balaban J connectivity index is 1.65. The molecular weight excluding hydrogens is 438 g/mol. The minimum Gasteiger partial charge on any atom is -0.353 e. The average molecular weight is 464 g/mol. The molecule has 1 atom stereocenters. The first kappa shape index (κ1) is 23.2. The summed E-state index contributed by atoms with van der Waals surface area (Å²) in [6.45, 7) is 0.768. The summed E-state index contributed by atoms with van der Waals surface area (Å²) in [4.78, 5) is 25.5. The van der Waals surface area contributed by atoms with Crippen molar-refractivity contribution >= 4 is 33.4 Å². The molecule has 2 N–H and O–H groups in total. The Hall–Kier alpha value is -2.42. The lowest BCUT2D eigenvalue weighted by molar-refractivity contribution is -0.122. The van der Waals surface area contributed by atoms with Gasteiger partial charge in [0.25, 0.3) is 5.91 Å². The molecule has 0 aromatic heterocycles. The summed E-state index contributed by atoms with van der Waals surface area (Å²) in [5.41, 5.74) is 1.16. The first-order valence-corrected chi connectivity index (χ1v) is 12.3. The molecule has 3 rings (SSSR count). The number of hydrogen-bond acceptors (Lipinski definition) is 4. The summed E-state index contributed by atoms with van der Waals surface area (Å²) >= 11 is 6.14. The number of benzene rings is 2. The number of piperidine rings is 1. The first-order chi connectivity index (χ1) is 14.7. The predicted octanol–water partition coefficient (Wildman–Crippen LogP) is 2.74. The van der Waals surface area contributed by atoms with Crippen LogP contribution in [0.3, 0.4) is 0 Å². The summed E-state index contributed by atoms with van der Waals surface area (Å²) in [5.74, 6) is -0.556. The highest BCUT2D eigenvalue weighted by Crippen LogP contribution is 2.21. The van der Waals surface area contributed by atoms with Crippen molar-refractivity contribution in [1.82, 2.24) is 14.9 Å². The van der Waals surface area contributed by atoms with Crippen molar-refractivity contribution < 1.29 is 18.0 Å². The quantitative estimate of drug-likeness (QED) is 0.660. The molecule has 2 aromatic rings. The first-order valence-electron chi connectivity index (χ1n) is 10.1. The Morgan fingerprint density at radius 1 is 1.06 bits per heavy atom. The molecule has 1 heterocycles. The van der Waals surface area contributed by atoms with Gasteiger partial charge in [0.1, 0.15) is 0 Å². The van der Waals surface area contributed by atoms with Crippen LogP contribution in [0.4, 0.5) is 0 Å². The molecule has 1 aliphatic rings. The highest BCUT2D eigenvalue weighted by atomic mass is 35.5. The standard InChI is InChI=1S/C22H26ClN3O4S/c1-31(29,30)26-13-11-17(12-14-26)24-21(27)15-20(16-7-3-2-4-8-16)25-22(28)18-9-5-6-10-19(18)23/h2-10,17,20H,11-15H2,1H3,(H,24,27)(H,25,28). The van der Waals surface area contributed by atoms with Crippen molar-refractivity contribution in [3.05, 3.63) is 70.7 Å². The van der Waals surface area contributed by atoms with Crippen molar-refractivity contribution in [2.45, 2.75) is 31.3 Å². The summed E-state index contributed by atoms with van der Waals surface area (Å²) in [6, 6.07) is 15.4. The minimum absolute atomic E-state index is 0.0620. The van der Waals surface area contributed by atoms with E-state index in [2.05, 4.69) is 10.6 Å². The Kier molecular flexibility index (Phi) is 7.69. The highest BCUT2D eigenvalue weighted by Gasteiger charge is 2.27. The van der Waals surface area contributed by atoms with E-state index in [0.29, 0.717) is 36.5 Å². The van der Waals surface area contributed by atoms with Gasteiger partial charge >= 0.3 is 0 Å². The Morgan fingerprint density at radius 3 is 2.29 bits per heavy atom. The van der Waals surface area contributed by atoms with Gasteiger partial charge in [-0.05, 0) is 30.5 Å². The fraction of sp³-hybridized carbons (Fsp3) is 0.364. The topological polar surface area (TPSA) is 95.6 Å². The molecule has 166 valence electrons. The zero-order chi connectivity index (χ0) is 22.4. The van der Waals surface area contributed by atoms with E-state index in [0.717, 1.165) is 5.56 Å². The van der Waals surface area contributed by atoms with Crippen LogP contribution in [-0.4, -0.2) is 49.9 Å². The zero-order valence-electron chi connectivity index (χ0n) is 17.3. The second-order valence-electron chi connectivity index (χ2n) is 7.62. The molecule has 0 saturated carbocycles. The van der Waals surface area contributed by atoms with E-state index in [4.69, 9.17) is 11.6 Å². The maximum absolute atomic E-state index is 12.8. The minimum atomic E-state index is -3.21. The molecule has 0 radical (unpaired) electrons. The van der Waals surface area contributed by atoms with Crippen LogP contribution in [0.5, 0.6) is 0 Å². The van der Waals surface area contributed by atoms with E-state index in [9.17, 15) is 18.0 Å². The second-order valence-corrected chi connectivity index (χ2v) is 10.0. The molecule has 1 aliphatic heterocycles. The SMILES string of the molecule is CS(=O)(=O)N1CCC(NC(=O)CC(NC(=O)c2ccccc2Cl)c2ccccc2)CC1. The molecule has 1 saturated heterocycles. The van der Waals surface area contributed by atoms with Gasteiger partial charge < -0.3 is 10.6 Å². The van der Waals surface area contributed by atoms with E-state index < -0.39 is 16.1 Å². The van der Waals surface area contributed by atoms with Gasteiger partial charge in [-0.15, -0.1) is 0 Å². The molecule has 0 bridgehead atoms. The van der Waals surface area contributed by atoms with Gasteiger partial charge in [-0.1, -0.05) is 54.1 Å².